The molecule has 2 atom stereocenters. The van der Waals surface area contributed by atoms with Gasteiger partial charge in [0.15, 0.2) is 0 Å². The number of hydrogen-bond donors (Lipinski definition) is 0. The van der Waals surface area contributed by atoms with E-state index in [0.29, 0.717) is 11.8 Å². The lowest BCUT2D eigenvalue weighted by Gasteiger charge is -2.32. The van der Waals surface area contributed by atoms with Crippen molar-refractivity contribution in [1.29, 1.82) is 0 Å². The summed E-state index contributed by atoms with van der Waals surface area (Å²) >= 11 is 0. The van der Waals surface area contributed by atoms with Gasteiger partial charge in [-0.05, 0) is 30.9 Å². The highest BCUT2D eigenvalue weighted by Gasteiger charge is 2.30. The SMILES string of the molecule is C1=CC2CC3CCCOC3=CC2=C1. The molecule has 1 nitrogen and oxygen atoms in total. The monoisotopic (exact) mass is 174 g/mol. The number of hydrogen-bond acceptors (Lipinski definition) is 1. The maximum atomic E-state index is 5.68. The van der Waals surface area contributed by atoms with E-state index in [2.05, 4.69) is 24.3 Å². The maximum absolute atomic E-state index is 5.68. The molecule has 0 aromatic carbocycles. The van der Waals surface area contributed by atoms with Crippen LogP contribution in [-0.2, 0) is 4.74 Å². The second kappa shape index (κ2) is 2.76. The molecule has 0 saturated carbocycles. The first kappa shape index (κ1) is 7.43. The van der Waals surface area contributed by atoms with Crippen molar-refractivity contribution in [3.8, 4) is 0 Å². The Morgan fingerprint density at radius 2 is 2.38 bits per heavy atom. The van der Waals surface area contributed by atoms with E-state index in [9.17, 15) is 0 Å². The van der Waals surface area contributed by atoms with Crippen LogP contribution in [0.2, 0.25) is 0 Å². The van der Waals surface area contributed by atoms with Gasteiger partial charge in [0.2, 0.25) is 0 Å². The van der Waals surface area contributed by atoms with Gasteiger partial charge in [0, 0.05) is 11.8 Å². The van der Waals surface area contributed by atoms with Crippen LogP contribution in [0.1, 0.15) is 19.3 Å². The molecule has 0 bridgehead atoms. The Hall–Kier alpha value is -0.980. The second-order valence-corrected chi connectivity index (χ2v) is 4.13. The first-order chi connectivity index (χ1) is 6.43. The van der Waals surface area contributed by atoms with E-state index in [-0.39, 0.29) is 0 Å². The molecule has 2 unspecified atom stereocenters. The molecule has 1 fully saturated rings. The van der Waals surface area contributed by atoms with Crippen LogP contribution in [0.5, 0.6) is 0 Å². The molecule has 1 aliphatic heterocycles. The maximum Gasteiger partial charge on any atom is 0.0993 e. The lowest BCUT2D eigenvalue weighted by Crippen LogP contribution is -2.22. The van der Waals surface area contributed by atoms with Crippen LogP contribution < -0.4 is 0 Å². The number of rotatable bonds is 0. The van der Waals surface area contributed by atoms with E-state index in [1.807, 2.05) is 0 Å². The van der Waals surface area contributed by atoms with Gasteiger partial charge in [0.25, 0.3) is 0 Å². The lowest BCUT2D eigenvalue weighted by atomic mass is 9.80. The fraction of sp³-hybridized carbons (Fsp3) is 0.500. The summed E-state index contributed by atoms with van der Waals surface area (Å²) in [6.45, 7) is 0.924. The van der Waals surface area contributed by atoms with Crippen LogP contribution in [0.25, 0.3) is 0 Å². The standard InChI is InChI=1S/C12H14O/c1-3-9-7-11-5-2-6-13-12(11)8-10(9)4-1/h1,3-4,8-9,11H,2,5-7H2. The molecule has 0 aromatic rings. The molecule has 0 spiro atoms. The fourth-order valence-corrected chi connectivity index (χ4v) is 2.55. The Morgan fingerprint density at radius 1 is 1.38 bits per heavy atom. The first-order valence-corrected chi connectivity index (χ1v) is 5.16. The molecule has 1 saturated heterocycles. The summed E-state index contributed by atoms with van der Waals surface area (Å²) in [5.74, 6) is 2.64. The van der Waals surface area contributed by atoms with Crippen molar-refractivity contribution in [2.24, 2.45) is 11.8 Å². The highest BCUT2D eigenvalue weighted by molar-refractivity contribution is 5.39. The molecule has 3 aliphatic rings. The normalized spacial score (nSPS) is 35.7. The third-order valence-electron chi connectivity index (χ3n) is 3.28. The van der Waals surface area contributed by atoms with Crippen molar-refractivity contribution in [3.63, 3.8) is 0 Å². The molecule has 68 valence electrons. The molecular formula is C12H14O. The summed E-state index contributed by atoms with van der Waals surface area (Å²) in [6.07, 6.45) is 12.8. The average molecular weight is 174 g/mol. The zero-order valence-corrected chi connectivity index (χ0v) is 7.70. The zero-order chi connectivity index (χ0) is 8.67. The molecule has 13 heavy (non-hydrogen) atoms. The molecule has 0 aromatic heterocycles. The van der Waals surface area contributed by atoms with Crippen LogP contribution in [0.15, 0.2) is 35.6 Å². The smallest absolute Gasteiger partial charge is 0.0993 e. The quantitative estimate of drug-likeness (QED) is 0.548. The molecule has 1 heteroatoms. The summed E-state index contributed by atoms with van der Waals surface area (Å²) in [7, 11) is 0. The highest BCUT2D eigenvalue weighted by atomic mass is 16.5. The van der Waals surface area contributed by atoms with Gasteiger partial charge in [-0.1, -0.05) is 18.2 Å². The van der Waals surface area contributed by atoms with Gasteiger partial charge in [-0.25, -0.2) is 0 Å². The summed E-state index contributed by atoms with van der Waals surface area (Å²) in [6, 6.07) is 0. The predicted octanol–water partition coefficient (Wildman–Crippen LogP) is 2.81. The highest BCUT2D eigenvalue weighted by Crippen LogP contribution is 2.40. The van der Waals surface area contributed by atoms with Crippen molar-refractivity contribution in [1.82, 2.24) is 0 Å². The molecule has 1 heterocycles. The van der Waals surface area contributed by atoms with Crippen molar-refractivity contribution in [2.75, 3.05) is 6.61 Å². The zero-order valence-electron chi connectivity index (χ0n) is 7.70. The van der Waals surface area contributed by atoms with E-state index in [4.69, 9.17) is 4.74 Å². The average Bonchev–Trinajstić information content (AvgIpc) is 2.61. The van der Waals surface area contributed by atoms with E-state index >= 15 is 0 Å². The van der Waals surface area contributed by atoms with E-state index in [1.54, 1.807) is 0 Å². The summed E-state index contributed by atoms with van der Waals surface area (Å²) in [4.78, 5) is 0. The number of ether oxygens (including phenoxy) is 1. The minimum absolute atomic E-state index is 0.690. The van der Waals surface area contributed by atoms with E-state index in [1.165, 1.54) is 30.6 Å². The van der Waals surface area contributed by atoms with Crippen molar-refractivity contribution >= 4 is 0 Å². The predicted molar refractivity (Wildman–Crippen MR) is 52.1 cm³/mol. The van der Waals surface area contributed by atoms with Crippen LogP contribution in [0.4, 0.5) is 0 Å². The second-order valence-electron chi connectivity index (χ2n) is 4.13. The fourth-order valence-electron chi connectivity index (χ4n) is 2.55. The summed E-state index contributed by atoms with van der Waals surface area (Å²) in [5, 5.41) is 0. The van der Waals surface area contributed by atoms with Crippen molar-refractivity contribution in [2.45, 2.75) is 19.3 Å². The molecular weight excluding hydrogens is 160 g/mol. The van der Waals surface area contributed by atoms with Crippen LogP contribution in [-0.4, -0.2) is 6.61 Å². The van der Waals surface area contributed by atoms with Gasteiger partial charge in [-0.15, -0.1) is 0 Å². The van der Waals surface area contributed by atoms with Gasteiger partial charge in [0.05, 0.1) is 12.4 Å². The van der Waals surface area contributed by atoms with Crippen LogP contribution in [0, 0.1) is 11.8 Å². The Labute approximate surface area is 78.8 Å². The van der Waals surface area contributed by atoms with E-state index < -0.39 is 0 Å². The van der Waals surface area contributed by atoms with Gasteiger partial charge in [-0.2, -0.15) is 0 Å². The Balaban J connectivity index is 1.93. The molecule has 0 N–H and O–H groups in total. The minimum Gasteiger partial charge on any atom is -0.498 e. The lowest BCUT2D eigenvalue weighted by molar-refractivity contribution is 0.116. The minimum atomic E-state index is 0.690. The number of allylic oxidation sites excluding steroid dienone is 6. The first-order valence-electron chi connectivity index (χ1n) is 5.16. The summed E-state index contributed by atoms with van der Waals surface area (Å²) in [5.41, 5.74) is 1.45. The van der Waals surface area contributed by atoms with Gasteiger partial charge in [0.1, 0.15) is 0 Å². The number of fused-ring (bicyclic) bond motifs is 2. The van der Waals surface area contributed by atoms with Gasteiger partial charge >= 0.3 is 0 Å². The van der Waals surface area contributed by atoms with Crippen molar-refractivity contribution < 1.29 is 4.74 Å². The van der Waals surface area contributed by atoms with Crippen LogP contribution in [0.3, 0.4) is 0 Å². The van der Waals surface area contributed by atoms with Crippen LogP contribution >= 0.6 is 0 Å². The molecule has 2 aliphatic carbocycles. The molecule has 3 rings (SSSR count). The Morgan fingerprint density at radius 3 is 3.38 bits per heavy atom. The third-order valence-corrected chi connectivity index (χ3v) is 3.28. The molecule has 0 amide bonds. The molecule has 0 radical (unpaired) electrons. The van der Waals surface area contributed by atoms with Gasteiger partial charge in [-0.3, -0.25) is 0 Å². The largest absolute Gasteiger partial charge is 0.498 e. The third kappa shape index (κ3) is 1.14. The van der Waals surface area contributed by atoms with Gasteiger partial charge < -0.3 is 4.74 Å². The van der Waals surface area contributed by atoms with Crippen molar-refractivity contribution in [3.05, 3.63) is 35.6 Å². The summed E-state index contributed by atoms with van der Waals surface area (Å²) < 4.78 is 5.68. The van der Waals surface area contributed by atoms with E-state index in [0.717, 1.165) is 6.61 Å². The Kier molecular flexibility index (Phi) is 1.58. The topological polar surface area (TPSA) is 9.23 Å². The Bertz CT molecular complexity index is 309.